The van der Waals surface area contributed by atoms with E-state index in [0.29, 0.717) is 30.1 Å². The Bertz CT molecular complexity index is 746. The number of ether oxygens (including phenoxy) is 3. The zero-order valence-corrected chi connectivity index (χ0v) is 12.6. The summed E-state index contributed by atoms with van der Waals surface area (Å²) in [7, 11) is 0. The number of rotatable bonds is 5. The first-order valence-corrected chi connectivity index (χ1v) is 7.38. The second-order valence-corrected chi connectivity index (χ2v) is 4.88. The van der Waals surface area contributed by atoms with Crippen LogP contribution in [0.1, 0.15) is 25.3 Å². The van der Waals surface area contributed by atoms with E-state index in [1.165, 1.54) is 0 Å². The maximum atomic E-state index is 12.3. The van der Waals surface area contributed by atoms with Crippen LogP contribution in [-0.4, -0.2) is 19.5 Å². The monoisotopic (exact) mass is 302 g/mol. The molecule has 116 valence electrons. The Balaban J connectivity index is 2.12. The van der Waals surface area contributed by atoms with Gasteiger partial charge < -0.3 is 18.6 Å². The quantitative estimate of drug-likeness (QED) is 0.627. The van der Waals surface area contributed by atoms with Crippen LogP contribution in [0.2, 0.25) is 0 Å². The normalized spacial score (nSPS) is 20.3. The fourth-order valence-corrected chi connectivity index (χ4v) is 2.60. The van der Waals surface area contributed by atoms with Crippen LogP contribution in [-0.2, 0) is 9.47 Å². The molecule has 2 aromatic rings. The van der Waals surface area contributed by atoms with Gasteiger partial charge in [0.25, 0.3) is 0 Å². The van der Waals surface area contributed by atoms with Gasteiger partial charge in [-0.2, -0.15) is 0 Å². The van der Waals surface area contributed by atoms with E-state index in [1.54, 1.807) is 18.4 Å². The van der Waals surface area contributed by atoms with E-state index >= 15 is 0 Å². The summed E-state index contributed by atoms with van der Waals surface area (Å²) in [5.41, 5.74) is 0.589. The highest BCUT2D eigenvalue weighted by atomic mass is 16.7. The molecular weight excluding hydrogens is 284 g/mol. The van der Waals surface area contributed by atoms with Crippen molar-refractivity contribution in [3.8, 4) is 5.75 Å². The molecule has 1 aromatic heterocycles. The molecule has 1 aliphatic heterocycles. The van der Waals surface area contributed by atoms with Gasteiger partial charge in [0.2, 0.25) is 6.29 Å². The topological polar surface area (TPSA) is 57.9 Å². The van der Waals surface area contributed by atoms with Crippen molar-refractivity contribution in [2.24, 2.45) is 0 Å². The molecule has 0 aliphatic carbocycles. The molecule has 0 saturated carbocycles. The van der Waals surface area contributed by atoms with Crippen molar-refractivity contribution in [2.45, 2.75) is 26.1 Å². The van der Waals surface area contributed by atoms with Crippen LogP contribution in [0, 0.1) is 0 Å². The maximum absolute atomic E-state index is 12.3. The average molecular weight is 302 g/mol. The van der Waals surface area contributed by atoms with E-state index in [1.807, 2.05) is 32.0 Å². The second kappa shape index (κ2) is 6.23. The molecule has 5 nitrogen and oxygen atoms in total. The van der Waals surface area contributed by atoms with Crippen LogP contribution >= 0.6 is 0 Å². The van der Waals surface area contributed by atoms with Crippen molar-refractivity contribution in [1.29, 1.82) is 0 Å². The smallest absolute Gasteiger partial charge is 0.344 e. The molecule has 0 N–H and O–H groups in total. The lowest BCUT2D eigenvalue weighted by Gasteiger charge is -2.15. The lowest BCUT2D eigenvalue weighted by molar-refractivity contribution is -0.0683. The summed E-state index contributed by atoms with van der Waals surface area (Å²) in [5, 5.41) is 0.772. The SMILES string of the molecule is CCO/C=C/C1c2c(c3ccccc3oc2=O)OC1OCC. The summed E-state index contributed by atoms with van der Waals surface area (Å²) in [6.45, 7) is 4.82. The Morgan fingerprint density at radius 2 is 2.05 bits per heavy atom. The van der Waals surface area contributed by atoms with Crippen molar-refractivity contribution in [3.63, 3.8) is 0 Å². The summed E-state index contributed by atoms with van der Waals surface area (Å²) >= 11 is 0. The second-order valence-electron chi connectivity index (χ2n) is 4.88. The molecule has 0 saturated heterocycles. The van der Waals surface area contributed by atoms with E-state index in [9.17, 15) is 4.79 Å². The van der Waals surface area contributed by atoms with Crippen molar-refractivity contribution >= 4 is 11.0 Å². The van der Waals surface area contributed by atoms with Gasteiger partial charge in [0, 0.05) is 6.61 Å². The largest absolute Gasteiger partial charge is 0.502 e. The molecule has 1 aromatic carbocycles. The Morgan fingerprint density at radius 3 is 2.82 bits per heavy atom. The van der Waals surface area contributed by atoms with Gasteiger partial charge in [-0.1, -0.05) is 12.1 Å². The standard InChI is InChI=1S/C17H18O5/c1-3-19-10-9-12-14-15(22-17(12)20-4-2)11-7-5-6-8-13(11)21-16(14)18/h5-10,12,17H,3-4H2,1-2H3/b10-9+. The summed E-state index contributed by atoms with van der Waals surface area (Å²) in [5.74, 6) is 0.193. The Morgan fingerprint density at radius 1 is 1.23 bits per heavy atom. The van der Waals surface area contributed by atoms with E-state index in [2.05, 4.69) is 0 Å². The summed E-state index contributed by atoms with van der Waals surface area (Å²) in [6, 6.07) is 7.32. The molecule has 1 aliphatic rings. The predicted octanol–water partition coefficient (Wildman–Crippen LogP) is 3.18. The lowest BCUT2D eigenvalue weighted by atomic mass is 10.0. The first kappa shape index (κ1) is 14.7. The van der Waals surface area contributed by atoms with Gasteiger partial charge in [-0.25, -0.2) is 4.79 Å². The van der Waals surface area contributed by atoms with Gasteiger partial charge in [-0.05, 0) is 32.1 Å². The summed E-state index contributed by atoms with van der Waals surface area (Å²) < 4.78 is 22.2. The fraction of sp³-hybridized carbons (Fsp3) is 0.353. The van der Waals surface area contributed by atoms with E-state index < -0.39 is 11.9 Å². The number of hydrogen-bond acceptors (Lipinski definition) is 5. The summed E-state index contributed by atoms with van der Waals surface area (Å²) in [6.07, 6.45) is 2.80. The van der Waals surface area contributed by atoms with Gasteiger partial charge in [-0.3, -0.25) is 0 Å². The van der Waals surface area contributed by atoms with Crippen molar-refractivity contribution < 1.29 is 18.6 Å². The molecule has 2 heterocycles. The number of benzene rings is 1. The Kier molecular flexibility index (Phi) is 4.15. The van der Waals surface area contributed by atoms with Crippen LogP contribution in [0.15, 0.2) is 45.8 Å². The molecule has 0 radical (unpaired) electrons. The molecule has 5 heteroatoms. The molecule has 0 bridgehead atoms. The first-order chi connectivity index (χ1) is 10.8. The fourth-order valence-electron chi connectivity index (χ4n) is 2.60. The number of hydrogen-bond donors (Lipinski definition) is 0. The van der Waals surface area contributed by atoms with Crippen LogP contribution in [0.3, 0.4) is 0 Å². The third kappa shape index (κ3) is 2.48. The van der Waals surface area contributed by atoms with Gasteiger partial charge >= 0.3 is 5.63 Å². The molecule has 0 fully saturated rings. The lowest BCUT2D eigenvalue weighted by Crippen LogP contribution is -2.23. The molecule has 22 heavy (non-hydrogen) atoms. The third-order valence-corrected chi connectivity index (χ3v) is 3.54. The Labute approximate surface area is 128 Å². The van der Waals surface area contributed by atoms with Gasteiger partial charge in [0.1, 0.15) is 11.3 Å². The van der Waals surface area contributed by atoms with Crippen molar-refractivity contribution in [1.82, 2.24) is 0 Å². The highest BCUT2D eigenvalue weighted by Gasteiger charge is 2.38. The van der Waals surface area contributed by atoms with Gasteiger partial charge in [-0.15, -0.1) is 0 Å². The molecule has 2 unspecified atom stereocenters. The van der Waals surface area contributed by atoms with Crippen molar-refractivity contribution in [2.75, 3.05) is 13.2 Å². The van der Waals surface area contributed by atoms with Crippen molar-refractivity contribution in [3.05, 3.63) is 52.6 Å². The number of fused-ring (bicyclic) bond motifs is 3. The summed E-state index contributed by atoms with van der Waals surface area (Å²) in [4.78, 5) is 12.3. The predicted molar refractivity (Wildman–Crippen MR) is 82.0 cm³/mol. The molecule has 0 amide bonds. The van der Waals surface area contributed by atoms with Crippen LogP contribution in [0.5, 0.6) is 5.75 Å². The molecular formula is C17H18O5. The molecule has 0 spiro atoms. The molecule has 2 atom stereocenters. The highest BCUT2D eigenvalue weighted by Crippen LogP contribution is 2.41. The van der Waals surface area contributed by atoms with Crippen LogP contribution < -0.4 is 10.4 Å². The van der Waals surface area contributed by atoms with Crippen LogP contribution in [0.4, 0.5) is 0 Å². The molecule has 3 rings (SSSR count). The zero-order valence-electron chi connectivity index (χ0n) is 12.6. The Hall–Kier alpha value is -2.27. The zero-order chi connectivity index (χ0) is 15.5. The maximum Gasteiger partial charge on any atom is 0.344 e. The van der Waals surface area contributed by atoms with Crippen LogP contribution in [0.25, 0.3) is 11.0 Å². The minimum Gasteiger partial charge on any atom is -0.502 e. The average Bonchev–Trinajstić information content (AvgIpc) is 2.88. The first-order valence-electron chi connectivity index (χ1n) is 7.38. The highest BCUT2D eigenvalue weighted by molar-refractivity contribution is 5.85. The van der Waals surface area contributed by atoms with E-state index in [0.717, 1.165) is 5.39 Å². The van der Waals surface area contributed by atoms with Gasteiger partial charge in [0.05, 0.1) is 29.7 Å². The van der Waals surface area contributed by atoms with Gasteiger partial charge in [0.15, 0.2) is 0 Å². The minimum atomic E-state index is -0.551. The number of para-hydroxylation sites is 1. The van der Waals surface area contributed by atoms with E-state index in [-0.39, 0.29) is 5.92 Å². The third-order valence-electron chi connectivity index (χ3n) is 3.54. The minimum absolute atomic E-state index is 0.345. The van der Waals surface area contributed by atoms with E-state index in [4.69, 9.17) is 18.6 Å².